The summed E-state index contributed by atoms with van der Waals surface area (Å²) >= 11 is 5.69. The minimum Gasteiger partial charge on any atom is -0.480 e. The molecule has 1 aliphatic rings. The van der Waals surface area contributed by atoms with E-state index in [0.29, 0.717) is 13.0 Å². The lowest BCUT2D eigenvalue weighted by molar-refractivity contribution is -0.140. The van der Waals surface area contributed by atoms with Gasteiger partial charge in [0, 0.05) is 11.9 Å². The molecule has 3 N–H and O–H groups in total. The average Bonchev–Trinajstić information content (AvgIpc) is 1.88. The molecule has 1 rings (SSSR count). The third-order valence-corrected chi connectivity index (χ3v) is 1.72. The molecule has 0 amide bonds. The number of alkyl halides is 1. The van der Waals surface area contributed by atoms with Crippen molar-refractivity contribution in [2.75, 3.05) is 6.54 Å². The largest absolute Gasteiger partial charge is 0.480 e. The van der Waals surface area contributed by atoms with Crippen LogP contribution in [0.3, 0.4) is 0 Å². The number of rotatable bonds is 1. The predicted octanol–water partition coefficient (Wildman–Crippen LogP) is -0.455. The van der Waals surface area contributed by atoms with Crippen LogP contribution >= 0.6 is 11.6 Å². The van der Waals surface area contributed by atoms with Crippen LogP contribution in [0.25, 0.3) is 0 Å². The number of carbonyl (C=O) groups is 1. The van der Waals surface area contributed by atoms with Crippen LogP contribution in [-0.4, -0.2) is 29.0 Å². The molecule has 2 atom stereocenters. The Morgan fingerprint density at radius 3 is 2.80 bits per heavy atom. The first-order valence-corrected chi connectivity index (χ1v) is 3.49. The summed E-state index contributed by atoms with van der Waals surface area (Å²) in [4.78, 5) is 10.3. The van der Waals surface area contributed by atoms with Crippen molar-refractivity contribution in [3.8, 4) is 0 Å². The second kappa shape index (κ2) is 3.18. The van der Waals surface area contributed by atoms with Crippen molar-refractivity contribution < 1.29 is 9.90 Å². The quantitative estimate of drug-likeness (QED) is 0.460. The highest BCUT2D eigenvalue weighted by Crippen LogP contribution is 2.07. The van der Waals surface area contributed by atoms with Crippen LogP contribution in [0.4, 0.5) is 0 Å². The number of carboxylic acids is 1. The Kier molecular flexibility index (Phi) is 2.48. The Morgan fingerprint density at radius 2 is 2.40 bits per heavy atom. The first-order chi connectivity index (χ1) is 4.70. The maximum atomic E-state index is 10.3. The molecule has 10 heavy (non-hydrogen) atoms. The van der Waals surface area contributed by atoms with Gasteiger partial charge in [-0.15, -0.1) is 11.6 Å². The van der Waals surface area contributed by atoms with Gasteiger partial charge in [0.2, 0.25) is 0 Å². The molecule has 1 fully saturated rings. The minimum atomic E-state index is -0.863. The van der Waals surface area contributed by atoms with Crippen molar-refractivity contribution in [2.45, 2.75) is 17.8 Å². The van der Waals surface area contributed by atoms with E-state index in [-0.39, 0.29) is 5.38 Å². The number of aliphatic carboxylic acids is 1. The summed E-state index contributed by atoms with van der Waals surface area (Å²) in [5.74, 6) is -0.863. The summed E-state index contributed by atoms with van der Waals surface area (Å²) < 4.78 is 0. The fraction of sp³-hybridized carbons (Fsp3) is 0.800. The van der Waals surface area contributed by atoms with Crippen LogP contribution in [0.5, 0.6) is 0 Å². The maximum Gasteiger partial charge on any atom is 0.322 e. The minimum absolute atomic E-state index is 0.0812. The molecule has 0 aromatic rings. The first-order valence-electron chi connectivity index (χ1n) is 3.05. The lowest BCUT2D eigenvalue weighted by Crippen LogP contribution is -2.53. The maximum absolute atomic E-state index is 10.3. The molecule has 0 aromatic heterocycles. The van der Waals surface area contributed by atoms with Crippen LogP contribution in [-0.2, 0) is 4.79 Å². The molecule has 1 aliphatic heterocycles. The van der Waals surface area contributed by atoms with Gasteiger partial charge in [-0.05, 0) is 6.42 Å². The Balaban J connectivity index is 2.39. The van der Waals surface area contributed by atoms with Crippen molar-refractivity contribution in [3.63, 3.8) is 0 Å². The highest BCUT2D eigenvalue weighted by Gasteiger charge is 2.24. The molecule has 5 heteroatoms. The summed E-state index contributed by atoms with van der Waals surface area (Å²) in [6.45, 7) is 0.616. The summed E-state index contributed by atoms with van der Waals surface area (Å²) in [6.07, 6.45) is 0.476. The van der Waals surface area contributed by atoms with Crippen LogP contribution in [0.15, 0.2) is 0 Å². The van der Waals surface area contributed by atoms with Crippen molar-refractivity contribution in [3.05, 3.63) is 0 Å². The normalized spacial score (nSPS) is 33.7. The zero-order valence-electron chi connectivity index (χ0n) is 5.30. The summed E-state index contributed by atoms with van der Waals surface area (Å²) in [7, 11) is 0. The molecule has 1 heterocycles. The second-order valence-corrected chi connectivity index (χ2v) is 2.87. The molecule has 0 aliphatic carbocycles. The molecular formula is C5H9ClN2O2. The van der Waals surface area contributed by atoms with Gasteiger partial charge in [-0.2, -0.15) is 0 Å². The van der Waals surface area contributed by atoms with Gasteiger partial charge >= 0.3 is 5.97 Å². The molecule has 58 valence electrons. The van der Waals surface area contributed by atoms with E-state index in [4.69, 9.17) is 16.7 Å². The van der Waals surface area contributed by atoms with Gasteiger partial charge in [-0.25, -0.2) is 5.43 Å². The number of nitrogens with one attached hydrogen (secondary N) is 2. The third-order valence-electron chi connectivity index (χ3n) is 1.39. The molecule has 0 aromatic carbocycles. The molecule has 0 spiro atoms. The van der Waals surface area contributed by atoms with Crippen LogP contribution < -0.4 is 10.9 Å². The third kappa shape index (κ3) is 1.83. The Hall–Kier alpha value is -0.320. The monoisotopic (exact) mass is 164 g/mol. The van der Waals surface area contributed by atoms with E-state index >= 15 is 0 Å². The molecule has 0 radical (unpaired) electrons. The van der Waals surface area contributed by atoms with E-state index in [0.717, 1.165) is 0 Å². The standard InChI is InChI=1S/C5H9ClN2O2/c6-3-1-4(5(9)10)8-7-2-3/h3-4,7-8H,1-2H2,(H,9,10)/t3-,4+/m0/s1. The van der Waals surface area contributed by atoms with E-state index in [1.165, 1.54) is 0 Å². The zero-order valence-corrected chi connectivity index (χ0v) is 6.06. The van der Waals surface area contributed by atoms with Crippen LogP contribution in [0, 0.1) is 0 Å². The van der Waals surface area contributed by atoms with Gasteiger partial charge in [-0.3, -0.25) is 10.2 Å². The van der Waals surface area contributed by atoms with Crippen molar-refractivity contribution in [1.82, 2.24) is 10.9 Å². The van der Waals surface area contributed by atoms with E-state index in [1.807, 2.05) is 0 Å². The lowest BCUT2D eigenvalue weighted by atomic mass is 10.1. The Bertz CT molecular complexity index is 142. The molecule has 1 saturated heterocycles. The van der Waals surface area contributed by atoms with Gasteiger partial charge in [0.15, 0.2) is 0 Å². The van der Waals surface area contributed by atoms with Crippen molar-refractivity contribution >= 4 is 17.6 Å². The fourth-order valence-electron chi connectivity index (χ4n) is 0.853. The first kappa shape index (κ1) is 7.78. The number of hydrazine groups is 1. The Labute approximate surface area is 63.5 Å². The highest BCUT2D eigenvalue weighted by atomic mass is 35.5. The predicted molar refractivity (Wildman–Crippen MR) is 36.8 cm³/mol. The number of hydrogen-bond acceptors (Lipinski definition) is 3. The second-order valence-electron chi connectivity index (χ2n) is 2.25. The van der Waals surface area contributed by atoms with Gasteiger partial charge in [-0.1, -0.05) is 0 Å². The van der Waals surface area contributed by atoms with Crippen LogP contribution in [0.2, 0.25) is 0 Å². The van der Waals surface area contributed by atoms with E-state index in [1.54, 1.807) is 0 Å². The summed E-state index contributed by atoms with van der Waals surface area (Å²) in [5.41, 5.74) is 5.32. The smallest absolute Gasteiger partial charge is 0.322 e. The number of halogens is 1. The zero-order chi connectivity index (χ0) is 7.56. The summed E-state index contributed by atoms with van der Waals surface area (Å²) in [6, 6.07) is -0.545. The summed E-state index contributed by atoms with van der Waals surface area (Å²) in [5, 5.41) is 8.41. The average molecular weight is 165 g/mol. The van der Waals surface area contributed by atoms with Gasteiger partial charge < -0.3 is 5.11 Å². The fourth-order valence-corrected chi connectivity index (χ4v) is 1.11. The van der Waals surface area contributed by atoms with Crippen molar-refractivity contribution in [2.24, 2.45) is 0 Å². The van der Waals surface area contributed by atoms with E-state index in [2.05, 4.69) is 10.9 Å². The van der Waals surface area contributed by atoms with Gasteiger partial charge in [0.25, 0.3) is 0 Å². The number of hydrogen-bond donors (Lipinski definition) is 3. The Morgan fingerprint density at radius 1 is 1.70 bits per heavy atom. The van der Waals surface area contributed by atoms with E-state index in [9.17, 15) is 4.79 Å². The number of carboxylic acid groups (broad SMARTS) is 1. The molecule has 4 nitrogen and oxygen atoms in total. The molecule has 0 unspecified atom stereocenters. The molecular weight excluding hydrogens is 156 g/mol. The molecule has 0 saturated carbocycles. The van der Waals surface area contributed by atoms with Gasteiger partial charge in [0.1, 0.15) is 6.04 Å². The van der Waals surface area contributed by atoms with Crippen LogP contribution in [0.1, 0.15) is 6.42 Å². The SMILES string of the molecule is O=C(O)[C@H]1C[C@H](Cl)CNN1. The van der Waals surface area contributed by atoms with Crippen molar-refractivity contribution in [1.29, 1.82) is 0 Å². The lowest BCUT2D eigenvalue weighted by Gasteiger charge is -2.24. The highest BCUT2D eigenvalue weighted by molar-refractivity contribution is 6.21. The molecule has 0 bridgehead atoms. The van der Waals surface area contributed by atoms with Gasteiger partial charge in [0.05, 0.1) is 0 Å². The topological polar surface area (TPSA) is 61.4 Å². The van der Waals surface area contributed by atoms with E-state index < -0.39 is 12.0 Å².